The standard InChI is InChI=1S/C10H13ClN2O2/c1-7(3-5-14)13-10(15)9-6-8(11)2-4-12-9/h2,4,6-7,14H,3,5H2,1H3,(H,13,15). The Morgan fingerprint density at radius 1 is 1.73 bits per heavy atom. The Bertz CT molecular complexity index is 344. The average Bonchev–Trinajstić information content (AvgIpc) is 2.18. The van der Waals surface area contributed by atoms with Crippen LogP contribution in [-0.4, -0.2) is 28.6 Å². The number of nitrogens with zero attached hydrogens (tertiary/aromatic N) is 1. The summed E-state index contributed by atoms with van der Waals surface area (Å²) in [4.78, 5) is 15.5. The number of hydrogen-bond donors (Lipinski definition) is 2. The molecule has 0 spiro atoms. The molecule has 0 saturated heterocycles. The van der Waals surface area contributed by atoms with Crippen LogP contribution in [0.15, 0.2) is 18.3 Å². The van der Waals surface area contributed by atoms with E-state index >= 15 is 0 Å². The third kappa shape index (κ3) is 3.85. The smallest absolute Gasteiger partial charge is 0.270 e. The number of aromatic nitrogens is 1. The van der Waals surface area contributed by atoms with Gasteiger partial charge in [0, 0.05) is 23.9 Å². The molecule has 0 aromatic carbocycles. The molecule has 0 aliphatic heterocycles. The molecule has 1 atom stereocenters. The number of carbonyl (C=O) groups is 1. The largest absolute Gasteiger partial charge is 0.396 e. The number of hydrogen-bond acceptors (Lipinski definition) is 3. The van der Waals surface area contributed by atoms with E-state index in [1.165, 1.54) is 12.3 Å². The number of amides is 1. The van der Waals surface area contributed by atoms with E-state index in [4.69, 9.17) is 16.7 Å². The van der Waals surface area contributed by atoms with E-state index in [2.05, 4.69) is 10.3 Å². The van der Waals surface area contributed by atoms with Gasteiger partial charge in [-0.3, -0.25) is 9.78 Å². The van der Waals surface area contributed by atoms with Crippen molar-refractivity contribution in [2.75, 3.05) is 6.61 Å². The molecule has 1 amide bonds. The molecular formula is C10H13ClN2O2. The van der Waals surface area contributed by atoms with E-state index in [0.717, 1.165) is 0 Å². The number of nitrogens with one attached hydrogen (secondary N) is 1. The van der Waals surface area contributed by atoms with Crippen LogP contribution in [0.1, 0.15) is 23.8 Å². The SMILES string of the molecule is CC(CCO)NC(=O)c1cc(Cl)ccn1. The Morgan fingerprint density at radius 2 is 2.47 bits per heavy atom. The maximum Gasteiger partial charge on any atom is 0.270 e. The third-order valence-electron chi connectivity index (χ3n) is 1.89. The summed E-state index contributed by atoms with van der Waals surface area (Å²) < 4.78 is 0. The quantitative estimate of drug-likeness (QED) is 0.815. The van der Waals surface area contributed by atoms with Gasteiger partial charge in [-0.05, 0) is 25.5 Å². The minimum atomic E-state index is -0.279. The van der Waals surface area contributed by atoms with Crippen molar-refractivity contribution < 1.29 is 9.90 Å². The van der Waals surface area contributed by atoms with Gasteiger partial charge in [0.05, 0.1) is 0 Å². The minimum absolute atomic E-state index is 0.0461. The first kappa shape index (κ1) is 11.9. The number of halogens is 1. The van der Waals surface area contributed by atoms with Crippen molar-refractivity contribution >= 4 is 17.5 Å². The monoisotopic (exact) mass is 228 g/mol. The zero-order valence-corrected chi connectivity index (χ0v) is 9.16. The highest BCUT2D eigenvalue weighted by Crippen LogP contribution is 2.08. The Kier molecular flexibility index (Phi) is 4.52. The first-order valence-electron chi connectivity index (χ1n) is 4.66. The molecule has 0 saturated carbocycles. The molecule has 0 aliphatic rings. The van der Waals surface area contributed by atoms with E-state index in [-0.39, 0.29) is 24.2 Å². The molecule has 15 heavy (non-hydrogen) atoms. The van der Waals surface area contributed by atoms with Gasteiger partial charge in [0.25, 0.3) is 5.91 Å². The minimum Gasteiger partial charge on any atom is -0.396 e. The molecule has 1 heterocycles. The van der Waals surface area contributed by atoms with Gasteiger partial charge in [0.15, 0.2) is 0 Å². The second-order valence-corrected chi connectivity index (χ2v) is 3.68. The number of aliphatic hydroxyl groups is 1. The molecule has 1 aromatic rings. The molecule has 0 aliphatic carbocycles. The Balaban J connectivity index is 2.61. The van der Waals surface area contributed by atoms with E-state index in [9.17, 15) is 4.79 Å². The van der Waals surface area contributed by atoms with Crippen LogP contribution < -0.4 is 5.32 Å². The van der Waals surface area contributed by atoms with Gasteiger partial charge in [0.2, 0.25) is 0 Å². The summed E-state index contributed by atoms with van der Waals surface area (Å²) in [7, 11) is 0. The van der Waals surface area contributed by atoms with E-state index in [1.54, 1.807) is 6.07 Å². The fourth-order valence-corrected chi connectivity index (χ4v) is 1.25. The number of pyridine rings is 1. The van der Waals surface area contributed by atoms with Crippen molar-refractivity contribution in [2.45, 2.75) is 19.4 Å². The van der Waals surface area contributed by atoms with Crippen molar-refractivity contribution in [3.8, 4) is 0 Å². The fourth-order valence-electron chi connectivity index (χ4n) is 1.09. The van der Waals surface area contributed by atoms with Gasteiger partial charge < -0.3 is 10.4 Å². The van der Waals surface area contributed by atoms with Crippen molar-refractivity contribution in [1.82, 2.24) is 10.3 Å². The predicted octanol–water partition coefficient (Wildman–Crippen LogP) is 1.24. The van der Waals surface area contributed by atoms with Gasteiger partial charge in [-0.15, -0.1) is 0 Å². The van der Waals surface area contributed by atoms with Crippen LogP contribution in [0.2, 0.25) is 5.02 Å². The normalized spacial score (nSPS) is 12.2. The number of rotatable bonds is 4. The molecule has 5 heteroatoms. The van der Waals surface area contributed by atoms with Gasteiger partial charge in [-0.2, -0.15) is 0 Å². The average molecular weight is 229 g/mol. The first-order valence-corrected chi connectivity index (χ1v) is 5.04. The lowest BCUT2D eigenvalue weighted by Crippen LogP contribution is -2.33. The Hall–Kier alpha value is -1.13. The van der Waals surface area contributed by atoms with Crippen molar-refractivity contribution in [2.24, 2.45) is 0 Å². The highest BCUT2D eigenvalue weighted by molar-refractivity contribution is 6.30. The molecule has 0 radical (unpaired) electrons. The van der Waals surface area contributed by atoms with Crippen LogP contribution in [-0.2, 0) is 0 Å². The van der Waals surface area contributed by atoms with Gasteiger partial charge >= 0.3 is 0 Å². The fraction of sp³-hybridized carbons (Fsp3) is 0.400. The topological polar surface area (TPSA) is 62.2 Å². The maximum absolute atomic E-state index is 11.6. The molecule has 1 unspecified atom stereocenters. The number of carbonyl (C=O) groups excluding carboxylic acids is 1. The first-order chi connectivity index (χ1) is 7.13. The maximum atomic E-state index is 11.6. The molecule has 1 aromatic heterocycles. The summed E-state index contributed by atoms with van der Waals surface area (Å²) >= 11 is 5.73. The molecule has 0 bridgehead atoms. The van der Waals surface area contributed by atoms with Crippen LogP contribution >= 0.6 is 11.6 Å². The zero-order valence-electron chi connectivity index (χ0n) is 8.40. The van der Waals surface area contributed by atoms with Gasteiger partial charge in [0.1, 0.15) is 5.69 Å². The zero-order chi connectivity index (χ0) is 11.3. The predicted molar refractivity (Wildman–Crippen MR) is 57.9 cm³/mol. The molecule has 1 rings (SSSR count). The molecule has 82 valence electrons. The lowest BCUT2D eigenvalue weighted by Gasteiger charge is -2.11. The Labute approximate surface area is 93.3 Å². The third-order valence-corrected chi connectivity index (χ3v) is 2.13. The summed E-state index contributed by atoms with van der Waals surface area (Å²) in [6.07, 6.45) is 2.00. The summed E-state index contributed by atoms with van der Waals surface area (Å²) in [6.45, 7) is 1.86. The van der Waals surface area contributed by atoms with Gasteiger partial charge in [-0.1, -0.05) is 11.6 Å². The van der Waals surface area contributed by atoms with Gasteiger partial charge in [-0.25, -0.2) is 0 Å². The summed E-state index contributed by atoms with van der Waals surface area (Å²) in [6, 6.07) is 3.03. The molecule has 2 N–H and O–H groups in total. The Morgan fingerprint density at radius 3 is 3.07 bits per heavy atom. The lowest BCUT2D eigenvalue weighted by atomic mass is 10.2. The summed E-state index contributed by atoms with van der Waals surface area (Å²) in [5.41, 5.74) is 0.285. The van der Waals surface area contributed by atoms with Crippen molar-refractivity contribution in [3.05, 3.63) is 29.0 Å². The molecule has 0 fully saturated rings. The van der Waals surface area contributed by atoms with E-state index in [0.29, 0.717) is 11.4 Å². The second kappa shape index (κ2) is 5.68. The van der Waals surface area contributed by atoms with Crippen LogP contribution in [0.4, 0.5) is 0 Å². The molecular weight excluding hydrogens is 216 g/mol. The van der Waals surface area contributed by atoms with Crippen LogP contribution in [0.25, 0.3) is 0 Å². The second-order valence-electron chi connectivity index (χ2n) is 3.25. The van der Waals surface area contributed by atoms with Crippen molar-refractivity contribution in [3.63, 3.8) is 0 Å². The highest BCUT2D eigenvalue weighted by Gasteiger charge is 2.10. The summed E-state index contributed by atoms with van der Waals surface area (Å²) in [5, 5.41) is 11.9. The van der Waals surface area contributed by atoms with Crippen LogP contribution in [0.5, 0.6) is 0 Å². The van der Waals surface area contributed by atoms with E-state index in [1.807, 2.05) is 6.92 Å². The summed E-state index contributed by atoms with van der Waals surface area (Å²) in [5.74, 6) is -0.279. The number of aliphatic hydroxyl groups excluding tert-OH is 1. The van der Waals surface area contributed by atoms with Crippen LogP contribution in [0.3, 0.4) is 0 Å². The van der Waals surface area contributed by atoms with E-state index < -0.39 is 0 Å². The van der Waals surface area contributed by atoms with Crippen LogP contribution in [0, 0.1) is 0 Å². The molecule has 4 nitrogen and oxygen atoms in total. The lowest BCUT2D eigenvalue weighted by molar-refractivity contribution is 0.0929. The van der Waals surface area contributed by atoms with Crippen molar-refractivity contribution in [1.29, 1.82) is 0 Å². The highest BCUT2D eigenvalue weighted by atomic mass is 35.5.